The van der Waals surface area contributed by atoms with E-state index in [0.29, 0.717) is 11.4 Å². The van der Waals surface area contributed by atoms with E-state index in [2.05, 4.69) is 9.97 Å². The predicted octanol–water partition coefficient (Wildman–Crippen LogP) is 1.99. The van der Waals surface area contributed by atoms with Gasteiger partial charge in [0.25, 0.3) is 5.56 Å². The monoisotopic (exact) mass is 233 g/mol. The van der Waals surface area contributed by atoms with E-state index in [4.69, 9.17) is 18.0 Å². The van der Waals surface area contributed by atoms with Gasteiger partial charge in [0.05, 0.1) is 5.56 Å². The molecule has 0 aliphatic carbocycles. The summed E-state index contributed by atoms with van der Waals surface area (Å²) in [6.45, 7) is 1.93. The van der Waals surface area contributed by atoms with Crippen molar-refractivity contribution < 1.29 is 0 Å². The molecule has 16 heavy (non-hydrogen) atoms. The molecule has 0 saturated carbocycles. The molecule has 0 saturated heterocycles. The summed E-state index contributed by atoms with van der Waals surface area (Å²) in [6, 6.07) is 7.56. The summed E-state index contributed by atoms with van der Waals surface area (Å²) < 4.78 is 0.236. The maximum Gasteiger partial charge on any atom is 0.261 e. The first-order valence-electron chi connectivity index (χ1n) is 4.77. The van der Waals surface area contributed by atoms with E-state index in [9.17, 15) is 4.79 Å². The highest BCUT2D eigenvalue weighted by atomic mass is 32.1. The number of aromatic nitrogens is 2. The van der Waals surface area contributed by atoms with Gasteiger partial charge in [-0.3, -0.25) is 9.78 Å². The molecular formula is C11H11N3OS. The fraction of sp³-hybridized carbons (Fsp3) is 0.0909. The first-order chi connectivity index (χ1) is 7.59. The van der Waals surface area contributed by atoms with Crippen LogP contribution in [0.2, 0.25) is 0 Å². The van der Waals surface area contributed by atoms with E-state index in [1.165, 1.54) is 0 Å². The largest absolute Gasteiger partial charge is 0.385 e. The molecule has 0 aliphatic heterocycles. The van der Waals surface area contributed by atoms with Crippen LogP contribution in [0.25, 0.3) is 11.1 Å². The minimum Gasteiger partial charge on any atom is -0.385 e. The van der Waals surface area contributed by atoms with Gasteiger partial charge in [0.1, 0.15) is 5.82 Å². The van der Waals surface area contributed by atoms with Crippen LogP contribution in [0, 0.1) is 11.7 Å². The SMILES string of the molecule is Cc1ccccc1-c1c(N)[nH]c(=S)[nH]c1=O. The quantitative estimate of drug-likeness (QED) is 0.659. The van der Waals surface area contributed by atoms with Crippen LogP contribution in [-0.2, 0) is 0 Å². The van der Waals surface area contributed by atoms with Crippen LogP contribution >= 0.6 is 12.2 Å². The first-order valence-corrected chi connectivity index (χ1v) is 5.18. The zero-order valence-electron chi connectivity index (χ0n) is 8.70. The number of nitrogens with one attached hydrogen (secondary N) is 2. The molecule has 0 atom stereocenters. The molecule has 0 bridgehead atoms. The highest BCUT2D eigenvalue weighted by molar-refractivity contribution is 7.71. The summed E-state index contributed by atoms with van der Waals surface area (Å²) in [4.78, 5) is 17.1. The summed E-state index contributed by atoms with van der Waals surface area (Å²) in [5.74, 6) is 0.294. The maximum absolute atomic E-state index is 11.8. The van der Waals surface area contributed by atoms with Gasteiger partial charge in [-0.05, 0) is 30.3 Å². The van der Waals surface area contributed by atoms with Crippen molar-refractivity contribution >= 4 is 18.0 Å². The fourth-order valence-corrected chi connectivity index (χ4v) is 1.83. The Hall–Kier alpha value is -1.88. The van der Waals surface area contributed by atoms with Crippen LogP contribution in [0.3, 0.4) is 0 Å². The zero-order valence-corrected chi connectivity index (χ0v) is 9.52. The average molecular weight is 233 g/mol. The van der Waals surface area contributed by atoms with Gasteiger partial charge in [0, 0.05) is 0 Å². The summed E-state index contributed by atoms with van der Waals surface area (Å²) in [7, 11) is 0. The van der Waals surface area contributed by atoms with E-state index < -0.39 is 0 Å². The fourth-order valence-electron chi connectivity index (χ4n) is 1.62. The lowest BCUT2D eigenvalue weighted by Gasteiger charge is -2.07. The Kier molecular flexibility index (Phi) is 2.62. The second-order valence-electron chi connectivity index (χ2n) is 3.51. The Bertz CT molecular complexity index is 642. The highest BCUT2D eigenvalue weighted by Crippen LogP contribution is 2.22. The first kappa shape index (κ1) is 10.6. The van der Waals surface area contributed by atoms with Crippen molar-refractivity contribution in [2.24, 2.45) is 0 Å². The highest BCUT2D eigenvalue weighted by Gasteiger charge is 2.10. The molecule has 5 heteroatoms. The van der Waals surface area contributed by atoms with E-state index in [-0.39, 0.29) is 10.3 Å². The number of aryl methyl sites for hydroxylation is 1. The molecule has 1 heterocycles. The second-order valence-corrected chi connectivity index (χ2v) is 3.92. The average Bonchev–Trinajstić information content (AvgIpc) is 2.19. The summed E-state index contributed by atoms with van der Waals surface area (Å²) in [5, 5.41) is 0. The van der Waals surface area contributed by atoms with Gasteiger partial charge < -0.3 is 10.7 Å². The Morgan fingerprint density at radius 3 is 2.56 bits per heavy atom. The third kappa shape index (κ3) is 1.77. The van der Waals surface area contributed by atoms with E-state index in [0.717, 1.165) is 11.1 Å². The number of nitrogen functional groups attached to an aromatic ring is 1. The standard InChI is InChI=1S/C11H11N3OS/c1-6-4-2-3-5-7(6)8-9(12)13-11(16)14-10(8)15/h2-5H,1H3,(H4,12,13,14,15,16). The molecule has 0 aliphatic rings. The Morgan fingerprint density at radius 2 is 1.94 bits per heavy atom. The van der Waals surface area contributed by atoms with Crippen LogP contribution in [-0.4, -0.2) is 9.97 Å². The molecule has 2 aromatic rings. The number of H-pyrrole nitrogens is 2. The Labute approximate surface area is 97.2 Å². The molecule has 0 amide bonds. The Morgan fingerprint density at radius 1 is 1.25 bits per heavy atom. The van der Waals surface area contributed by atoms with E-state index in [1.807, 2.05) is 31.2 Å². The van der Waals surface area contributed by atoms with Crippen LogP contribution in [0.15, 0.2) is 29.1 Å². The van der Waals surface area contributed by atoms with Crippen LogP contribution < -0.4 is 11.3 Å². The minimum atomic E-state index is -0.268. The second kappa shape index (κ2) is 3.94. The molecule has 4 nitrogen and oxygen atoms in total. The van der Waals surface area contributed by atoms with Gasteiger partial charge in [0.2, 0.25) is 0 Å². The number of benzene rings is 1. The van der Waals surface area contributed by atoms with E-state index in [1.54, 1.807) is 0 Å². The summed E-state index contributed by atoms with van der Waals surface area (Å²) >= 11 is 4.84. The number of anilines is 1. The van der Waals surface area contributed by atoms with Crippen molar-refractivity contribution in [2.45, 2.75) is 6.92 Å². The maximum atomic E-state index is 11.8. The van der Waals surface area contributed by atoms with Crippen LogP contribution in [0.1, 0.15) is 5.56 Å². The van der Waals surface area contributed by atoms with Crippen LogP contribution in [0.4, 0.5) is 5.82 Å². The van der Waals surface area contributed by atoms with Crippen molar-refractivity contribution in [2.75, 3.05) is 5.73 Å². The minimum absolute atomic E-state index is 0.236. The molecule has 0 fully saturated rings. The lowest BCUT2D eigenvalue weighted by molar-refractivity contribution is 1.10. The molecular weight excluding hydrogens is 222 g/mol. The molecule has 1 aromatic heterocycles. The van der Waals surface area contributed by atoms with Crippen molar-refractivity contribution in [3.63, 3.8) is 0 Å². The molecule has 82 valence electrons. The molecule has 0 spiro atoms. The lowest BCUT2D eigenvalue weighted by atomic mass is 10.0. The summed E-state index contributed by atoms with van der Waals surface area (Å²) in [6.07, 6.45) is 0. The molecule has 2 rings (SSSR count). The molecule has 0 radical (unpaired) electrons. The zero-order chi connectivity index (χ0) is 11.7. The smallest absolute Gasteiger partial charge is 0.261 e. The normalized spacial score (nSPS) is 10.3. The third-order valence-electron chi connectivity index (χ3n) is 2.39. The van der Waals surface area contributed by atoms with Crippen molar-refractivity contribution in [3.05, 3.63) is 45.0 Å². The summed E-state index contributed by atoms with van der Waals surface area (Å²) in [5.41, 5.74) is 7.75. The number of hydrogen-bond acceptors (Lipinski definition) is 3. The molecule has 4 N–H and O–H groups in total. The van der Waals surface area contributed by atoms with E-state index >= 15 is 0 Å². The number of rotatable bonds is 1. The van der Waals surface area contributed by atoms with Gasteiger partial charge in [-0.25, -0.2) is 0 Å². The van der Waals surface area contributed by atoms with Crippen molar-refractivity contribution in [3.8, 4) is 11.1 Å². The number of nitrogens with two attached hydrogens (primary N) is 1. The number of hydrogen-bond donors (Lipinski definition) is 3. The van der Waals surface area contributed by atoms with Gasteiger partial charge in [-0.15, -0.1) is 0 Å². The predicted molar refractivity (Wildman–Crippen MR) is 66.8 cm³/mol. The van der Waals surface area contributed by atoms with Crippen molar-refractivity contribution in [1.82, 2.24) is 9.97 Å². The van der Waals surface area contributed by atoms with Crippen LogP contribution in [0.5, 0.6) is 0 Å². The van der Waals surface area contributed by atoms with Gasteiger partial charge >= 0.3 is 0 Å². The Balaban J connectivity index is 2.80. The topological polar surface area (TPSA) is 74.7 Å². The molecule has 1 aromatic carbocycles. The van der Waals surface area contributed by atoms with Crippen molar-refractivity contribution in [1.29, 1.82) is 0 Å². The number of aromatic amines is 2. The lowest BCUT2D eigenvalue weighted by Crippen LogP contribution is -2.14. The third-order valence-corrected chi connectivity index (χ3v) is 2.59. The van der Waals surface area contributed by atoms with Gasteiger partial charge in [0.15, 0.2) is 4.77 Å². The van der Waals surface area contributed by atoms with Gasteiger partial charge in [-0.2, -0.15) is 0 Å². The van der Waals surface area contributed by atoms with Gasteiger partial charge in [-0.1, -0.05) is 24.3 Å². The molecule has 0 unspecified atom stereocenters.